The van der Waals surface area contributed by atoms with Crippen LogP contribution in [-0.4, -0.2) is 30.0 Å². The Bertz CT molecular complexity index is 474. The normalized spacial score (nSPS) is 14.9. The fourth-order valence-corrected chi connectivity index (χ4v) is 3.01. The molecule has 5 nitrogen and oxygen atoms in total. The van der Waals surface area contributed by atoms with Crippen molar-refractivity contribution in [2.75, 3.05) is 12.0 Å². The van der Waals surface area contributed by atoms with Crippen LogP contribution < -0.4 is 5.73 Å². The molecular formula is C10H19N3O2S2. The molecule has 0 spiro atoms. The molecule has 0 fully saturated rings. The minimum absolute atomic E-state index is 0.0929. The summed E-state index contributed by atoms with van der Waals surface area (Å²) in [6, 6.07) is -0.307. The van der Waals surface area contributed by atoms with E-state index in [1.165, 1.54) is 17.8 Å². The van der Waals surface area contributed by atoms with E-state index in [0.29, 0.717) is 6.42 Å². The smallest absolute Gasteiger partial charge is 0.147 e. The van der Waals surface area contributed by atoms with Crippen molar-refractivity contribution < 1.29 is 8.42 Å². The van der Waals surface area contributed by atoms with Gasteiger partial charge in [-0.1, -0.05) is 25.3 Å². The molecule has 0 bridgehead atoms. The summed E-state index contributed by atoms with van der Waals surface area (Å²) in [4.78, 5) is 0.890. The maximum atomic E-state index is 11.1. The minimum atomic E-state index is -2.97. The van der Waals surface area contributed by atoms with Crippen LogP contribution in [0.5, 0.6) is 0 Å². The summed E-state index contributed by atoms with van der Waals surface area (Å²) in [7, 11) is -2.97. The molecule has 0 saturated heterocycles. The van der Waals surface area contributed by atoms with E-state index in [4.69, 9.17) is 5.73 Å². The SMILES string of the molecule is CC(C)(C)c1nnsc1C(N)CCS(C)(=O)=O. The van der Waals surface area contributed by atoms with Gasteiger partial charge in [0.1, 0.15) is 9.84 Å². The van der Waals surface area contributed by atoms with Crippen LogP contribution in [0.3, 0.4) is 0 Å². The Kier molecular flexibility index (Phi) is 4.27. The monoisotopic (exact) mass is 277 g/mol. The summed E-state index contributed by atoms with van der Waals surface area (Å²) in [5.41, 5.74) is 6.75. The summed E-state index contributed by atoms with van der Waals surface area (Å²) in [6.07, 6.45) is 1.63. The van der Waals surface area contributed by atoms with Gasteiger partial charge in [0.25, 0.3) is 0 Å². The van der Waals surface area contributed by atoms with Gasteiger partial charge in [0.2, 0.25) is 0 Å². The first kappa shape index (κ1) is 14.5. The van der Waals surface area contributed by atoms with Crippen LogP contribution in [0, 0.1) is 0 Å². The number of hydrogen-bond acceptors (Lipinski definition) is 6. The maximum absolute atomic E-state index is 11.1. The van der Waals surface area contributed by atoms with Gasteiger partial charge >= 0.3 is 0 Å². The molecule has 0 aromatic carbocycles. The highest BCUT2D eigenvalue weighted by Crippen LogP contribution is 2.30. The number of nitrogens with zero attached hydrogens (tertiary/aromatic N) is 2. The zero-order valence-electron chi connectivity index (χ0n) is 10.6. The Labute approximate surface area is 107 Å². The molecular weight excluding hydrogens is 258 g/mol. The lowest BCUT2D eigenvalue weighted by Crippen LogP contribution is -2.20. The molecule has 1 aromatic rings. The van der Waals surface area contributed by atoms with Gasteiger partial charge in [-0.15, -0.1) is 5.10 Å². The molecule has 17 heavy (non-hydrogen) atoms. The predicted molar refractivity (Wildman–Crippen MR) is 69.9 cm³/mol. The third-order valence-corrected chi connectivity index (χ3v) is 4.19. The van der Waals surface area contributed by atoms with Gasteiger partial charge < -0.3 is 5.73 Å². The van der Waals surface area contributed by atoms with E-state index in [2.05, 4.69) is 9.59 Å². The lowest BCUT2D eigenvalue weighted by Gasteiger charge is -2.19. The number of sulfone groups is 1. The van der Waals surface area contributed by atoms with Crippen molar-refractivity contribution in [3.05, 3.63) is 10.6 Å². The van der Waals surface area contributed by atoms with Crippen LogP contribution in [-0.2, 0) is 15.3 Å². The molecule has 7 heteroatoms. The Morgan fingerprint density at radius 2 is 2.00 bits per heavy atom. The zero-order chi connectivity index (χ0) is 13.3. The highest BCUT2D eigenvalue weighted by molar-refractivity contribution is 7.90. The first-order chi connectivity index (χ1) is 7.61. The van der Waals surface area contributed by atoms with Gasteiger partial charge in [0.15, 0.2) is 0 Å². The van der Waals surface area contributed by atoms with E-state index >= 15 is 0 Å². The lowest BCUT2D eigenvalue weighted by molar-refractivity contribution is 0.547. The average Bonchev–Trinajstić information content (AvgIpc) is 2.60. The lowest BCUT2D eigenvalue weighted by atomic mass is 9.90. The largest absolute Gasteiger partial charge is 0.323 e. The Hall–Kier alpha value is -0.530. The van der Waals surface area contributed by atoms with Crippen LogP contribution in [0.1, 0.15) is 43.8 Å². The molecule has 1 unspecified atom stereocenters. The highest BCUT2D eigenvalue weighted by Gasteiger charge is 2.25. The van der Waals surface area contributed by atoms with Crippen molar-refractivity contribution in [3.8, 4) is 0 Å². The van der Waals surface area contributed by atoms with Crippen LogP contribution >= 0.6 is 11.5 Å². The molecule has 98 valence electrons. The van der Waals surface area contributed by atoms with Crippen molar-refractivity contribution in [1.29, 1.82) is 0 Å². The summed E-state index contributed by atoms with van der Waals surface area (Å²) in [5, 5.41) is 4.09. The molecule has 1 heterocycles. The number of hydrogen-bond donors (Lipinski definition) is 1. The molecule has 0 radical (unpaired) electrons. The molecule has 1 rings (SSSR count). The second kappa shape index (κ2) is 4.99. The van der Waals surface area contributed by atoms with Crippen LogP contribution in [0.25, 0.3) is 0 Å². The third-order valence-electron chi connectivity index (χ3n) is 2.36. The standard InChI is InChI=1S/C10H19N3O2S2/c1-10(2,3)9-8(16-13-12-9)7(11)5-6-17(4,14)15/h7H,5-6,11H2,1-4H3. The molecule has 0 aliphatic heterocycles. The van der Waals surface area contributed by atoms with Crippen molar-refractivity contribution >= 4 is 21.4 Å². The first-order valence-electron chi connectivity index (χ1n) is 5.37. The summed E-state index contributed by atoms with van der Waals surface area (Å²) >= 11 is 1.25. The van der Waals surface area contributed by atoms with Crippen molar-refractivity contribution in [2.24, 2.45) is 5.73 Å². The van der Waals surface area contributed by atoms with Gasteiger partial charge in [-0.05, 0) is 18.0 Å². The average molecular weight is 277 g/mol. The Balaban J connectivity index is 2.83. The summed E-state index contributed by atoms with van der Waals surface area (Å²) in [5.74, 6) is 0.0929. The van der Waals surface area contributed by atoms with E-state index in [9.17, 15) is 8.42 Å². The summed E-state index contributed by atoms with van der Waals surface area (Å²) in [6.45, 7) is 6.11. The molecule has 0 aliphatic rings. The Morgan fingerprint density at radius 3 is 2.47 bits per heavy atom. The molecule has 0 amide bonds. The van der Waals surface area contributed by atoms with Crippen molar-refractivity contribution in [3.63, 3.8) is 0 Å². The van der Waals surface area contributed by atoms with Crippen molar-refractivity contribution in [2.45, 2.75) is 38.6 Å². The van der Waals surface area contributed by atoms with E-state index in [-0.39, 0.29) is 17.2 Å². The predicted octanol–water partition coefficient (Wildman–Crippen LogP) is 1.27. The molecule has 0 aliphatic carbocycles. The fraction of sp³-hybridized carbons (Fsp3) is 0.800. The maximum Gasteiger partial charge on any atom is 0.147 e. The van der Waals surface area contributed by atoms with E-state index < -0.39 is 9.84 Å². The number of aromatic nitrogens is 2. The van der Waals surface area contributed by atoms with Gasteiger partial charge in [0, 0.05) is 17.7 Å². The topological polar surface area (TPSA) is 85.9 Å². The van der Waals surface area contributed by atoms with E-state index in [0.717, 1.165) is 10.6 Å². The van der Waals surface area contributed by atoms with Crippen LogP contribution in [0.4, 0.5) is 0 Å². The van der Waals surface area contributed by atoms with Gasteiger partial charge in [-0.2, -0.15) is 0 Å². The summed E-state index contributed by atoms with van der Waals surface area (Å²) < 4.78 is 26.1. The fourth-order valence-electron chi connectivity index (χ4n) is 1.43. The van der Waals surface area contributed by atoms with Gasteiger partial charge in [-0.3, -0.25) is 0 Å². The first-order valence-corrected chi connectivity index (χ1v) is 8.20. The zero-order valence-corrected chi connectivity index (χ0v) is 12.2. The van der Waals surface area contributed by atoms with Crippen LogP contribution in [0.2, 0.25) is 0 Å². The molecule has 1 atom stereocenters. The van der Waals surface area contributed by atoms with E-state index in [1.54, 1.807) is 0 Å². The van der Waals surface area contributed by atoms with Gasteiger partial charge in [0.05, 0.1) is 16.3 Å². The number of nitrogens with two attached hydrogens (primary N) is 1. The second-order valence-corrected chi connectivity index (χ2v) is 8.31. The van der Waals surface area contributed by atoms with E-state index in [1.807, 2.05) is 20.8 Å². The molecule has 0 saturated carbocycles. The third kappa shape index (κ3) is 4.33. The highest BCUT2D eigenvalue weighted by atomic mass is 32.2. The molecule has 1 aromatic heterocycles. The minimum Gasteiger partial charge on any atom is -0.323 e. The molecule has 2 N–H and O–H groups in total. The quantitative estimate of drug-likeness (QED) is 0.895. The number of rotatable bonds is 4. The second-order valence-electron chi connectivity index (χ2n) is 5.26. The van der Waals surface area contributed by atoms with Crippen LogP contribution in [0.15, 0.2) is 0 Å². The van der Waals surface area contributed by atoms with Crippen molar-refractivity contribution in [1.82, 2.24) is 9.59 Å². The Morgan fingerprint density at radius 1 is 1.41 bits per heavy atom. The van der Waals surface area contributed by atoms with Gasteiger partial charge in [-0.25, -0.2) is 8.42 Å².